The predicted molar refractivity (Wildman–Crippen MR) is 68.7 cm³/mol. The number of nitrogens with one attached hydrogen (secondary N) is 1. The molecule has 1 fully saturated rings. The van der Waals surface area contributed by atoms with E-state index in [1.807, 2.05) is 0 Å². The van der Waals surface area contributed by atoms with Crippen molar-refractivity contribution in [2.45, 2.75) is 18.9 Å². The Kier molecular flexibility index (Phi) is 4.04. The first kappa shape index (κ1) is 12.7. The van der Waals surface area contributed by atoms with E-state index in [0.717, 1.165) is 12.8 Å². The minimum Gasteiger partial charge on any atom is -0.496 e. The first-order chi connectivity index (χ1) is 8.70. The molecule has 1 aromatic carbocycles. The smallest absolute Gasteiger partial charge is 0.255 e. The van der Waals surface area contributed by atoms with Crippen LogP contribution >= 0.6 is 0 Å². The number of amides is 1. The monoisotopic (exact) mass is 250 g/mol. The number of nitrogens with two attached hydrogens (primary N) is 1. The van der Waals surface area contributed by atoms with Gasteiger partial charge in [-0.3, -0.25) is 4.79 Å². The standard InChI is InChI=1S/C13H18N2O3/c1-17-12-8-9(14)2-3-11(12)13(16)15-10-4-6-18-7-5-10/h2-3,8,10H,4-7,14H2,1H3,(H,15,16). The number of carbonyl (C=O) groups is 1. The largest absolute Gasteiger partial charge is 0.496 e. The predicted octanol–water partition coefficient (Wildman–Crippen LogP) is 1.19. The maximum absolute atomic E-state index is 12.1. The normalized spacial score (nSPS) is 16.3. The SMILES string of the molecule is COc1cc(N)ccc1C(=O)NC1CCOCC1. The Morgan fingerprint density at radius 2 is 2.17 bits per heavy atom. The van der Waals surface area contributed by atoms with Crippen molar-refractivity contribution in [1.29, 1.82) is 0 Å². The van der Waals surface area contributed by atoms with Crippen LogP contribution in [0.5, 0.6) is 5.75 Å². The maximum Gasteiger partial charge on any atom is 0.255 e. The molecule has 1 aliphatic heterocycles. The average molecular weight is 250 g/mol. The number of anilines is 1. The maximum atomic E-state index is 12.1. The van der Waals surface area contributed by atoms with Crippen molar-refractivity contribution in [3.05, 3.63) is 23.8 Å². The second-order valence-corrected chi connectivity index (χ2v) is 4.32. The van der Waals surface area contributed by atoms with Gasteiger partial charge in [0.15, 0.2) is 0 Å². The fourth-order valence-electron chi connectivity index (χ4n) is 2.00. The van der Waals surface area contributed by atoms with Crippen molar-refractivity contribution in [2.75, 3.05) is 26.1 Å². The topological polar surface area (TPSA) is 73.6 Å². The summed E-state index contributed by atoms with van der Waals surface area (Å²) in [5.41, 5.74) is 6.75. The van der Waals surface area contributed by atoms with Gasteiger partial charge in [-0.05, 0) is 25.0 Å². The summed E-state index contributed by atoms with van der Waals surface area (Å²) in [6.45, 7) is 1.40. The van der Waals surface area contributed by atoms with Crippen LogP contribution in [-0.2, 0) is 4.74 Å². The minimum absolute atomic E-state index is 0.126. The number of ether oxygens (including phenoxy) is 2. The average Bonchev–Trinajstić information content (AvgIpc) is 2.39. The molecule has 1 amide bonds. The summed E-state index contributed by atoms with van der Waals surface area (Å²) in [6, 6.07) is 5.21. The van der Waals surface area contributed by atoms with Crippen LogP contribution in [-0.4, -0.2) is 32.3 Å². The van der Waals surface area contributed by atoms with Gasteiger partial charge in [-0.1, -0.05) is 0 Å². The molecule has 1 aliphatic rings. The third-order valence-electron chi connectivity index (χ3n) is 3.03. The molecule has 0 unspecified atom stereocenters. The first-order valence-corrected chi connectivity index (χ1v) is 6.03. The molecule has 1 heterocycles. The molecule has 5 heteroatoms. The molecule has 0 aliphatic carbocycles. The number of nitrogen functional groups attached to an aromatic ring is 1. The molecule has 0 atom stereocenters. The quantitative estimate of drug-likeness (QED) is 0.790. The van der Waals surface area contributed by atoms with Gasteiger partial charge in [0.25, 0.3) is 5.91 Å². The number of hydrogen-bond acceptors (Lipinski definition) is 4. The molecule has 18 heavy (non-hydrogen) atoms. The zero-order valence-corrected chi connectivity index (χ0v) is 10.4. The van der Waals surface area contributed by atoms with Crippen LogP contribution in [0.3, 0.4) is 0 Å². The van der Waals surface area contributed by atoms with E-state index in [4.69, 9.17) is 15.2 Å². The van der Waals surface area contributed by atoms with E-state index in [9.17, 15) is 4.79 Å². The molecule has 3 N–H and O–H groups in total. The molecule has 98 valence electrons. The third kappa shape index (κ3) is 2.92. The van der Waals surface area contributed by atoms with E-state index < -0.39 is 0 Å². The fraction of sp³-hybridized carbons (Fsp3) is 0.462. The molecule has 0 spiro atoms. The lowest BCUT2D eigenvalue weighted by Crippen LogP contribution is -2.39. The Bertz CT molecular complexity index is 428. The Morgan fingerprint density at radius 1 is 1.44 bits per heavy atom. The lowest BCUT2D eigenvalue weighted by atomic mass is 10.1. The number of carbonyl (C=O) groups excluding carboxylic acids is 1. The van der Waals surface area contributed by atoms with E-state index in [-0.39, 0.29) is 11.9 Å². The summed E-state index contributed by atoms with van der Waals surface area (Å²) in [5, 5.41) is 2.99. The van der Waals surface area contributed by atoms with Crippen LogP contribution in [0.2, 0.25) is 0 Å². The van der Waals surface area contributed by atoms with Crippen molar-refractivity contribution < 1.29 is 14.3 Å². The zero-order chi connectivity index (χ0) is 13.0. The Hall–Kier alpha value is -1.75. The second-order valence-electron chi connectivity index (χ2n) is 4.32. The van der Waals surface area contributed by atoms with Crippen LogP contribution in [0.1, 0.15) is 23.2 Å². The first-order valence-electron chi connectivity index (χ1n) is 6.03. The van der Waals surface area contributed by atoms with E-state index in [0.29, 0.717) is 30.2 Å². The summed E-state index contributed by atoms with van der Waals surface area (Å²) in [4.78, 5) is 12.1. The van der Waals surface area contributed by atoms with E-state index in [1.165, 1.54) is 7.11 Å². The van der Waals surface area contributed by atoms with Crippen LogP contribution in [0.25, 0.3) is 0 Å². The van der Waals surface area contributed by atoms with Gasteiger partial charge in [-0.15, -0.1) is 0 Å². The van der Waals surface area contributed by atoms with Gasteiger partial charge in [0.2, 0.25) is 0 Å². The fourth-order valence-corrected chi connectivity index (χ4v) is 2.00. The van der Waals surface area contributed by atoms with Crippen molar-refractivity contribution >= 4 is 11.6 Å². The van der Waals surface area contributed by atoms with Crippen molar-refractivity contribution in [1.82, 2.24) is 5.32 Å². The van der Waals surface area contributed by atoms with Crippen molar-refractivity contribution in [3.63, 3.8) is 0 Å². The van der Waals surface area contributed by atoms with Crippen LogP contribution in [0.4, 0.5) is 5.69 Å². The molecular weight excluding hydrogens is 232 g/mol. The van der Waals surface area contributed by atoms with E-state index in [2.05, 4.69) is 5.32 Å². The Balaban J connectivity index is 2.08. The Labute approximate surface area is 106 Å². The highest BCUT2D eigenvalue weighted by molar-refractivity contribution is 5.97. The van der Waals surface area contributed by atoms with Gasteiger partial charge >= 0.3 is 0 Å². The highest BCUT2D eigenvalue weighted by Crippen LogP contribution is 2.21. The van der Waals surface area contributed by atoms with E-state index >= 15 is 0 Å². The van der Waals surface area contributed by atoms with Gasteiger partial charge in [0.1, 0.15) is 5.75 Å². The minimum atomic E-state index is -0.126. The second kappa shape index (κ2) is 5.73. The molecule has 1 aromatic rings. The summed E-state index contributed by atoms with van der Waals surface area (Å²) < 4.78 is 10.4. The molecule has 2 rings (SSSR count). The van der Waals surface area contributed by atoms with Gasteiger partial charge in [-0.25, -0.2) is 0 Å². The molecule has 0 bridgehead atoms. The molecular formula is C13H18N2O3. The number of methoxy groups -OCH3 is 1. The summed E-state index contributed by atoms with van der Waals surface area (Å²) in [7, 11) is 1.53. The van der Waals surface area contributed by atoms with Crippen molar-refractivity contribution in [2.24, 2.45) is 0 Å². The van der Waals surface area contributed by atoms with Gasteiger partial charge in [0.05, 0.1) is 12.7 Å². The Morgan fingerprint density at radius 3 is 2.83 bits per heavy atom. The number of rotatable bonds is 3. The highest BCUT2D eigenvalue weighted by Gasteiger charge is 2.19. The van der Waals surface area contributed by atoms with Crippen molar-refractivity contribution in [3.8, 4) is 5.75 Å². The molecule has 0 saturated carbocycles. The summed E-state index contributed by atoms with van der Waals surface area (Å²) >= 11 is 0. The lowest BCUT2D eigenvalue weighted by molar-refractivity contribution is 0.0695. The molecule has 0 radical (unpaired) electrons. The molecule has 0 aromatic heterocycles. The van der Waals surface area contributed by atoms with Gasteiger partial charge < -0.3 is 20.5 Å². The molecule has 1 saturated heterocycles. The highest BCUT2D eigenvalue weighted by atomic mass is 16.5. The third-order valence-corrected chi connectivity index (χ3v) is 3.03. The summed E-state index contributed by atoms with van der Waals surface area (Å²) in [5.74, 6) is 0.373. The van der Waals surface area contributed by atoms with Crippen LogP contribution < -0.4 is 15.8 Å². The zero-order valence-electron chi connectivity index (χ0n) is 10.4. The van der Waals surface area contributed by atoms with E-state index in [1.54, 1.807) is 18.2 Å². The van der Waals surface area contributed by atoms with Gasteiger partial charge in [-0.2, -0.15) is 0 Å². The van der Waals surface area contributed by atoms with Gasteiger partial charge in [0, 0.05) is 31.0 Å². The van der Waals surface area contributed by atoms with Crippen LogP contribution in [0, 0.1) is 0 Å². The molecule has 5 nitrogen and oxygen atoms in total. The number of hydrogen-bond donors (Lipinski definition) is 2. The van der Waals surface area contributed by atoms with Crippen LogP contribution in [0.15, 0.2) is 18.2 Å². The number of benzene rings is 1. The summed E-state index contributed by atoms with van der Waals surface area (Å²) in [6.07, 6.45) is 1.70. The lowest BCUT2D eigenvalue weighted by Gasteiger charge is -2.23.